The van der Waals surface area contributed by atoms with Gasteiger partial charge >= 0.3 is 0 Å². The molecule has 4 rings (SSSR count). The molecule has 1 atom stereocenters. The number of methoxy groups -OCH3 is 1. The zero-order valence-electron chi connectivity index (χ0n) is 13.4. The third-order valence-corrected chi connectivity index (χ3v) is 4.46. The first-order valence-corrected chi connectivity index (χ1v) is 8.04. The number of fused-ring (bicyclic) bond motifs is 3. The lowest BCUT2D eigenvalue weighted by molar-refractivity contribution is -0.119. The second kappa shape index (κ2) is 6.00. The molecule has 2 aromatic rings. The molecule has 24 heavy (non-hydrogen) atoms. The third kappa shape index (κ3) is 2.52. The monoisotopic (exact) mass is 322 g/mol. The quantitative estimate of drug-likeness (QED) is 0.853. The summed E-state index contributed by atoms with van der Waals surface area (Å²) in [5.74, 6) is 1.70. The van der Waals surface area contributed by atoms with E-state index in [4.69, 9.17) is 14.6 Å². The number of para-hydroxylation sites is 1. The Kier molecular flexibility index (Phi) is 3.69. The highest BCUT2D eigenvalue weighted by Crippen LogP contribution is 2.33. The normalized spacial score (nSPS) is 19.5. The van der Waals surface area contributed by atoms with Crippen LogP contribution in [0, 0.1) is 5.92 Å². The first-order valence-electron chi connectivity index (χ1n) is 8.04. The largest absolute Gasteiger partial charge is 0.497 e. The number of benzene rings is 2. The Bertz CT molecular complexity index is 799. The van der Waals surface area contributed by atoms with Crippen LogP contribution in [0.1, 0.15) is 18.4 Å². The van der Waals surface area contributed by atoms with E-state index in [9.17, 15) is 4.79 Å². The number of hydrogen-bond acceptors (Lipinski definition) is 4. The van der Waals surface area contributed by atoms with Crippen molar-refractivity contribution >= 4 is 17.3 Å². The second-order valence-corrected chi connectivity index (χ2v) is 5.92. The van der Waals surface area contributed by atoms with Crippen LogP contribution in [0.2, 0.25) is 0 Å². The molecule has 0 spiro atoms. The van der Waals surface area contributed by atoms with Crippen molar-refractivity contribution in [2.45, 2.75) is 12.8 Å². The molecular formula is C19H18N2O3. The molecular weight excluding hydrogens is 304 g/mol. The van der Waals surface area contributed by atoms with E-state index in [0.29, 0.717) is 13.0 Å². The number of anilines is 1. The van der Waals surface area contributed by atoms with Crippen LogP contribution in [0.5, 0.6) is 11.5 Å². The number of amides is 1. The summed E-state index contributed by atoms with van der Waals surface area (Å²) in [4.78, 5) is 12.6. The van der Waals surface area contributed by atoms with Crippen LogP contribution in [0.3, 0.4) is 0 Å². The van der Waals surface area contributed by atoms with Gasteiger partial charge in [-0.3, -0.25) is 4.79 Å². The van der Waals surface area contributed by atoms with Gasteiger partial charge in [-0.05, 0) is 42.8 Å². The van der Waals surface area contributed by atoms with E-state index in [1.807, 2.05) is 48.5 Å². The number of carbonyl (C=O) groups is 1. The van der Waals surface area contributed by atoms with Gasteiger partial charge in [0, 0.05) is 17.9 Å². The van der Waals surface area contributed by atoms with Gasteiger partial charge < -0.3 is 9.47 Å². The lowest BCUT2D eigenvalue weighted by atomic mass is 9.90. The highest BCUT2D eigenvalue weighted by molar-refractivity contribution is 6.11. The van der Waals surface area contributed by atoms with Crippen molar-refractivity contribution in [3.05, 3.63) is 54.1 Å². The van der Waals surface area contributed by atoms with E-state index in [2.05, 4.69) is 0 Å². The highest BCUT2D eigenvalue weighted by atomic mass is 16.5. The first-order chi connectivity index (χ1) is 11.8. The maximum Gasteiger partial charge on any atom is 0.248 e. The number of rotatable bonds is 2. The molecule has 0 bridgehead atoms. The standard InChI is InChI=1S/C19H18N2O3/c1-23-15-8-6-14(7-9-15)21-18(22)12-13-10-11-24-17-5-3-2-4-16(17)19(13)20-21/h2-9,13H,10-12H2,1H3. The van der Waals surface area contributed by atoms with Crippen molar-refractivity contribution in [3.8, 4) is 11.5 Å². The molecule has 122 valence electrons. The van der Waals surface area contributed by atoms with Crippen LogP contribution in [0.4, 0.5) is 5.69 Å². The predicted molar refractivity (Wildman–Crippen MR) is 91.7 cm³/mol. The minimum Gasteiger partial charge on any atom is -0.497 e. The smallest absolute Gasteiger partial charge is 0.248 e. The van der Waals surface area contributed by atoms with Gasteiger partial charge in [-0.1, -0.05) is 12.1 Å². The molecule has 0 aliphatic carbocycles. The van der Waals surface area contributed by atoms with Crippen LogP contribution >= 0.6 is 0 Å². The predicted octanol–water partition coefficient (Wildman–Crippen LogP) is 3.23. The fourth-order valence-corrected chi connectivity index (χ4v) is 3.19. The number of nitrogens with zero attached hydrogens (tertiary/aromatic N) is 2. The van der Waals surface area contributed by atoms with Crippen LogP contribution in [-0.2, 0) is 4.79 Å². The Morgan fingerprint density at radius 3 is 2.75 bits per heavy atom. The van der Waals surface area contributed by atoms with Gasteiger partial charge in [0.15, 0.2) is 0 Å². The molecule has 0 fully saturated rings. The van der Waals surface area contributed by atoms with Crippen molar-refractivity contribution in [1.29, 1.82) is 0 Å². The topological polar surface area (TPSA) is 51.1 Å². The third-order valence-electron chi connectivity index (χ3n) is 4.46. The van der Waals surface area contributed by atoms with Gasteiger partial charge in [0.2, 0.25) is 5.91 Å². The van der Waals surface area contributed by atoms with E-state index in [1.54, 1.807) is 7.11 Å². The summed E-state index contributed by atoms with van der Waals surface area (Å²) in [5.41, 5.74) is 2.65. The van der Waals surface area contributed by atoms with E-state index < -0.39 is 0 Å². The molecule has 0 N–H and O–H groups in total. The van der Waals surface area contributed by atoms with Gasteiger partial charge in [-0.25, -0.2) is 5.01 Å². The van der Waals surface area contributed by atoms with Crippen LogP contribution in [0.25, 0.3) is 0 Å². The van der Waals surface area contributed by atoms with Crippen molar-refractivity contribution in [3.63, 3.8) is 0 Å². The minimum atomic E-state index is 0.00768. The number of carbonyl (C=O) groups excluding carboxylic acids is 1. The molecule has 1 amide bonds. The molecule has 5 heteroatoms. The van der Waals surface area contributed by atoms with Gasteiger partial charge in [-0.2, -0.15) is 5.10 Å². The van der Waals surface area contributed by atoms with Crippen molar-refractivity contribution in [2.75, 3.05) is 18.7 Å². The Balaban J connectivity index is 1.77. The van der Waals surface area contributed by atoms with Crippen LogP contribution in [-0.4, -0.2) is 25.3 Å². The Labute approximate surface area is 140 Å². The second-order valence-electron chi connectivity index (χ2n) is 5.92. The Hall–Kier alpha value is -2.82. The molecule has 0 saturated heterocycles. The first kappa shape index (κ1) is 14.8. The van der Waals surface area contributed by atoms with Gasteiger partial charge in [0.25, 0.3) is 0 Å². The van der Waals surface area contributed by atoms with Crippen molar-refractivity contribution in [2.24, 2.45) is 11.0 Å². The molecule has 0 radical (unpaired) electrons. The molecule has 2 aromatic carbocycles. The maximum absolute atomic E-state index is 12.6. The molecule has 0 aromatic heterocycles. The van der Waals surface area contributed by atoms with E-state index in [0.717, 1.165) is 34.9 Å². The summed E-state index contributed by atoms with van der Waals surface area (Å²) < 4.78 is 11.0. The average molecular weight is 322 g/mol. The summed E-state index contributed by atoms with van der Waals surface area (Å²) in [6, 6.07) is 15.2. The number of hydrogen-bond donors (Lipinski definition) is 0. The summed E-state index contributed by atoms with van der Waals surface area (Å²) in [6.45, 7) is 0.608. The van der Waals surface area contributed by atoms with E-state index >= 15 is 0 Å². The summed E-state index contributed by atoms with van der Waals surface area (Å²) in [7, 11) is 1.62. The van der Waals surface area contributed by atoms with Gasteiger partial charge in [-0.15, -0.1) is 0 Å². The summed E-state index contributed by atoms with van der Waals surface area (Å²) in [6.07, 6.45) is 1.25. The van der Waals surface area contributed by atoms with Crippen LogP contribution in [0.15, 0.2) is 53.6 Å². The molecule has 0 saturated carbocycles. The summed E-state index contributed by atoms with van der Waals surface area (Å²) >= 11 is 0. The van der Waals surface area contributed by atoms with Gasteiger partial charge in [0.05, 0.1) is 25.1 Å². The Morgan fingerprint density at radius 1 is 1.17 bits per heavy atom. The lowest BCUT2D eigenvalue weighted by Crippen LogP contribution is -2.37. The SMILES string of the molecule is COc1ccc(N2N=C3c4ccccc4OCCC3CC2=O)cc1. The van der Waals surface area contributed by atoms with E-state index in [1.165, 1.54) is 5.01 Å². The lowest BCUT2D eigenvalue weighted by Gasteiger charge is -2.28. The fourth-order valence-electron chi connectivity index (χ4n) is 3.19. The van der Waals surface area contributed by atoms with Crippen molar-refractivity contribution < 1.29 is 14.3 Å². The number of ether oxygens (including phenoxy) is 2. The summed E-state index contributed by atoms with van der Waals surface area (Å²) in [5, 5.41) is 6.18. The highest BCUT2D eigenvalue weighted by Gasteiger charge is 2.33. The van der Waals surface area contributed by atoms with Crippen molar-refractivity contribution in [1.82, 2.24) is 0 Å². The number of hydrazone groups is 1. The zero-order chi connectivity index (χ0) is 16.5. The zero-order valence-corrected chi connectivity index (χ0v) is 13.4. The molecule has 5 nitrogen and oxygen atoms in total. The van der Waals surface area contributed by atoms with E-state index in [-0.39, 0.29) is 11.8 Å². The average Bonchev–Trinajstić information content (AvgIpc) is 2.80. The minimum absolute atomic E-state index is 0.00768. The molecule has 2 aliphatic rings. The Morgan fingerprint density at radius 2 is 1.96 bits per heavy atom. The molecule has 1 unspecified atom stereocenters. The van der Waals surface area contributed by atoms with Crippen LogP contribution < -0.4 is 14.5 Å². The fraction of sp³-hybridized carbons (Fsp3) is 0.263. The maximum atomic E-state index is 12.6. The molecule has 2 heterocycles. The van der Waals surface area contributed by atoms with Gasteiger partial charge in [0.1, 0.15) is 11.5 Å². The molecule has 2 aliphatic heterocycles.